The number of amides is 1. The van der Waals surface area contributed by atoms with Crippen LogP contribution in [0.5, 0.6) is 0 Å². The summed E-state index contributed by atoms with van der Waals surface area (Å²) in [6, 6.07) is 8.56. The lowest BCUT2D eigenvalue weighted by atomic mass is 10.0. The zero-order valence-electron chi connectivity index (χ0n) is 13.1. The number of nitrogens with zero attached hydrogens (tertiary/aromatic N) is 3. The summed E-state index contributed by atoms with van der Waals surface area (Å²) in [6.07, 6.45) is 2.39. The number of rotatable bonds is 3. The molecule has 0 unspecified atom stereocenters. The van der Waals surface area contributed by atoms with Gasteiger partial charge in [-0.1, -0.05) is 0 Å². The SMILES string of the molecule is Cc1c([C@H]2OCC[C@@H]2NC(=O)c2ccc(C#N)cc2)cnn1C. The molecule has 1 amide bonds. The molecule has 23 heavy (non-hydrogen) atoms. The minimum Gasteiger partial charge on any atom is -0.371 e. The highest BCUT2D eigenvalue weighted by atomic mass is 16.5. The van der Waals surface area contributed by atoms with Crippen molar-refractivity contribution in [2.45, 2.75) is 25.5 Å². The number of hydrogen-bond donors (Lipinski definition) is 1. The molecule has 1 aromatic heterocycles. The van der Waals surface area contributed by atoms with Crippen molar-refractivity contribution < 1.29 is 9.53 Å². The number of nitrogens with one attached hydrogen (secondary N) is 1. The Morgan fingerprint density at radius 1 is 1.43 bits per heavy atom. The van der Waals surface area contributed by atoms with Gasteiger partial charge in [-0.25, -0.2) is 0 Å². The maximum absolute atomic E-state index is 12.4. The van der Waals surface area contributed by atoms with Gasteiger partial charge < -0.3 is 10.1 Å². The molecule has 6 nitrogen and oxygen atoms in total. The quantitative estimate of drug-likeness (QED) is 0.938. The second-order valence-electron chi connectivity index (χ2n) is 5.66. The van der Waals surface area contributed by atoms with E-state index in [0.29, 0.717) is 17.7 Å². The molecule has 1 aliphatic rings. The Bertz CT molecular complexity index is 758. The van der Waals surface area contributed by atoms with Crippen LogP contribution in [0.15, 0.2) is 30.5 Å². The van der Waals surface area contributed by atoms with Gasteiger partial charge in [-0.2, -0.15) is 10.4 Å². The van der Waals surface area contributed by atoms with Crippen LogP contribution in [0.1, 0.15) is 39.7 Å². The smallest absolute Gasteiger partial charge is 0.251 e. The number of nitriles is 1. The van der Waals surface area contributed by atoms with Crippen LogP contribution >= 0.6 is 0 Å². The van der Waals surface area contributed by atoms with Gasteiger partial charge in [-0.05, 0) is 37.6 Å². The summed E-state index contributed by atoms with van der Waals surface area (Å²) in [7, 11) is 1.89. The standard InChI is InChI=1S/C17H18N4O2/c1-11-14(10-19-21(11)2)16-15(7-8-23-16)20-17(22)13-5-3-12(9-18)4-6-13/h3-6,10,15-16H,7-8H2,1-2H3,(H,20,22)/t15-,16+/m0/s1. The van der Waals surface area contributed by atoms with Crippen molar-refractivity contribution in [3.05, 3.63) is 52.8 Å². The topological polar surface area (TPSA) is 79.9 Å². The third kappa shape index (κ3) is 2.96. The van der Waals surface area contributed by atoms with Gasteiger partial charge in [-0.3, -0.25) is 9.48 Å². The number of aromatic nitrogens is 2. The largest absolute Gasteiger partial charge is 0.371 e. The Morgan fingerprint density at radius 2 is 2.17 bits per heavy atom. The van der Waals surface area contributed by atoms with E-state index < -0.39 is 0 Å². The van der Waals surface area contributed by atoms with Crippen molar-refractivity contribution in [3.8, 4) is 6.07 Å². The summed E-state index contributed by atoms with van der Waals surface area (Å²) in [5, 5.41) is 16.1. The molecule has 1 fully saturated rings. The molecular formula is C17H18N4O2. The normalized spacial score (nSPS) is 20.2. The average molecular weight is 310 g/mol. The van der Waals surface area contributed by atoms with Crippen molar-refractivity contribution in [3.63, 3.8) is 0 Å². The Labute approximate surface area is 134 Å². The van der Waals surface area contributed by atoms with E-state index in [1.54, 1.807) is 35.1 Å². The first-order valence-corrected chi connectivity index (χ1v) is 7.51. The summed E-state index contributed by atoms with van der Waals surface area (Å²) in [5.74, 6) is -0.156. The molecule has 2 aromatic rings. The van der Waals surface area contributed by atoms with E-state index >= 15 is 0 Å². The number of ether oxygens (including phenoxy) is 1. The Balaban J connectivity index is 1.74. The first kappa shape index (κ1) is 15.3. The summed E-state index contributed by atoms with van der Waals surface area (Å²) in [4.78, 5) is 12.4. The molecule has 2 atom stereocenters. The summed E-state index contributed by atoms with van der Waals surface area (Å²) in [6.45, 7) is 2.60. The molecule has 1 N–H and O–H groups in total. The van der Waals surface area contributed by atoms with Crippen LogP contribution in [-0.2, 0) is 11.8 Å². The van der Waals surface area contributed by atoms with Crippen LogP contribution in [0.3, 0.4) is 0 Å². The molecule has 3 rings (SSSR count). The number of carbonyl (C=O) groups excluding carboxylic acids is 1. The van der Waals surface area contributed by atoms with E-state index in [9.17, 15) is 4.79 Å². The molecule has 6 heteroatoms. The average Bonchev–Trinajstić information content (AvgIpc) is 3.15. The minimum atomic E-state index is -0.175. The molecule has 0 aliphatic carbocycles. The third-order valence-electron chi connectivity index (χ3n) is 4.26. The lowest BCUT2D eigenvalue weighted by Crippen LogP contribution is -2.36. The van der Waals surface area contributed by atoms with Crippen molar-refractivity contribution >= 4 is 5.91 Å². The number of hydrogen-bond acceptors (Lipinski definition) is 4. The van der Waals surface area contributed by atoms with Gasteiger partial charge in [0.05, 0.1) is 23.9 Å². The monoisotopic (exact) mass is 310 g/mol. The number of aryl methyl sites for hydroxylation is 1. The molecule has 0 spiro atoms. The second kappa shape index (κ2) is 6.23. The summed E-state index contributed by atoms with van der Waals surface area (Å²) >= 11 is 0. The fourth-order valence-corrected chi connectivity index (χ4v) is 2.79. The van der Waals surface area contributed by atoms with E-state index in [0.717, 1.165) is 17.7 Å². The van der Waals surface area contributed by atoms with Crippen LogP contribution in [0.4, 0.5) is 0 Å². The maximum atomic E-state index is 12.4. The van der Waals surface area contributed by atoms with E-state index in [4.69, 9.17) is 10.00 Å². The van der Waals surface area contributed by atoms with Gasteiger partial charge in [0, 0.05) is 30.5 Å². The van der Waals surface area contributed by atoms with E-state index in [1.807, 2.05) is 20.0 Å². The summed E-state index contributed by atoms with van der Waals surface area (Å²) in [5.41, 5.74) is 3.12. The van der Waals surface area contributed by atoms with Crippen molar-refractivity contribution in [1.82, 2.24) is 15.1 Å². The number of carbonyl (C=O) groups is 1. The zero-order chi connectivity index (χ0) is 16.4. The molecule has 1 aliphatic heterocycles. The molecule has 0 radical (unpaired) electrons. The van der Waals surface area contributed by atoms with Gasteiger partial charge >= 0.3 is 0 Å². The zero-order valence-corrected chi connectivity index (χ0v) is 13.1. The minimum absolute atomic E-state index is 0.0824. The van der Waals surface area contributed by atoms with E-state index in [2.05, 4.69) is 10.4 Å². The summed E-state index contributed by atoms with van der Waals surface area (Å²) < 4.78 is 7.61. The van der Waals surface area contributed by atoms with Crippen LogP contribution < -0.4 is 5.32 Å². The highest BCUT2D eigenvalue weighted by molar-refractivity contribution is 5.94. The third-order valence-corrected chi connectivity index (χ3v) is 4.26. The Hall–Kier alpha value is -2.65. The molecule has 1 saturated heterocycles. The number of benzene rings is 1. The molecule has 2 heterocycles. The molecule has 0 saturated carbocycles. The highest BCUT2D eigenvalue weighted by Gasteiger charge is 2.33. The van der Waals surface area contributed by atoms with Crippen LogP contribution in [0, 0.1) is 18.3 Å². The first-order chi connectivity index (χ1) is 11.1. The van der Waals surface area contributed by atoms with Gasteiger partial charge in [0.2, 0.25) is 0 Å². The molecule has 118 valence electrons. The molecule has 0 bridgehead atoms. The lowest BCUT2D eigenvalue weighted by molar-refractivity contribution is 0.0819. The predicted molar refractivity (Wildman–Crippen MR) is 83.7 cm³/mol. The van der Waals surface area contributed by atoms with E-state index in [1.165, 1.54) is 0 Å². The Kier molecular flexibility index (Phi) is 4.13. The lowest BCUT2D eigenvalue weighted by Gasteiger charge is -2.20. The Morgan fingerprint density at radius 3 is 2.78 bits per heavy atom. The van der Waals surface area contributed by atoms with Gasteiger partial charge in [0.1, 0.15) is 6.10 Å². The van der Waals surface area contributed by atoms with Crippen LogP contribution in [0.2, 0.25) is 0 Å². The van der Waals surface area contributed by atoms with Crippen LogP contribution in [0.25, 0.3) is 0 Å². The second-order valence-corrected chi connectivity index (χ2v) is 5.66. The maximum Gasteiger partial charge on any atom is 0.251 e. The van der Waals surface area contributed by atoms with E-state index in [-0.39, 0.29) is 18.1 Å². The van der Waals surface area contributed by atoms with Crippen molar-refractivity contribution in [1.29, 1.82) is 5.26 Å². The fourth-order valence-electron chi connectivity index (χ4n) is 2.79. The molecule has 1 aromatic carbocycles. The fraction of sp³-hybridized carbons (Fsp3) is 0.353. The molecular weight excluding hydrogens is 292 g/mol. The van der Waals surface area contributed by atoms with Crippen molar-refractivity contribution in [2.75, 3.05) is 6.61 Å². The van der Waals surface area contributed by atoms with Crippen molar-refractivity contribution in [2.24, 2.45) is 7.05 Å². The van der Waals surface area contributed by atoms with Gasteiger partial charge in [-0.15, -0.1) is 0 Å². The first-order valence-electron chi connectivity index (χ1n) is 7.51. The predicted octanol–water partition coefficient (Wildman–Crippen LogP) is 1.86. The van der Waals surface area contributed by atoms with Crippen LogP contribution in [-0.4, -0.2) is 28.3 Å². The van der Waals surface area contributed by atoms with Gasteiger partial charge in [0.15, 0.2) is 0 Å². The highest BCUT2D eigenvalue weighted by Crippen LogP contribution is 2.31. The van der Waals surface area contributed by atoms with Gasteiger partial charge in [0.25, 0.3) is 5.91 Å².